The van der Waals surface area contributed by atoms with Crippen LogP contribution in [0.3, 0.4) is 0 Å². The van der Waals surface area contributed by atoms with Gasteiger partial charge in [-0.2, -0.15) is 4.72 Å². The monoisotopic (exact) mass is 611 g/mol. The number of halogens is 1. The number of piperidine rings is 1. The van der Waals surface area contributed by atoms with E-state index in [1.54, 1.807) is 29.4 Å². The molecule has 2 aliphatic heterocycles. The van der Waals surface area contributed by atoms with Crippen molar-refractivity contribution in [2.75, 3.05) is 31.9 Å². The van der Waals surface area contributed by atoms with Crippen molar-refractivity contribution in [3.8, 4) is 0 Å². The lowest BCUT2D eigenvalue weighted by Crippen LogP contribution is -2.55. The van der Waals surface area contributed by atoms with Gasteiger partial charge in [-0.3, -0.25) is 19.4 Å². The highest BCUT2D eigenvalue weighted by Gasteiger charge is 2.35. The first-order valence-electron chi connectivity index (χ1n) is 12.5. The molecule has 0 spiro atoms. The number of thioether (sulfide) groups is 1. The molecule has 2 fully saturated rings. The summed E-state index contributed by atoms with van der Waals surface area (Å²) in [7, 11) is -3.87. The number of thiophene rings is 1. The van der Waals surface area contributed by atoms with Crippen molar-refractivity contribution in [3.05, 3.63) is 51.3 Å². The Kier molecular flexibility index (Phi) is 10.4. The van der Waals surface area contributed by atoms with Crippen LogP contribution in [0.15, 0.2) is 47.0 Å². The van der Waals surface area contributed by atoms with Crippen LogP contribution in [-0.2, 0) is 24.4 Å². The molecule has 2 N–H and O–H groups in total. The number of hydrogen-bond donors (Lipinski definition) is 2. The number of nitrogens with one attached hydrogen (secondary N) is 2. The quantitative estimate of drug-likeness (QED) is 0.374. The lowest BCUT2D eigenvalue weighted by Gasteiger charge is -2.34. The second-order valence-electron chi connectivity index (χ2n) is 9.22. The maximum absolute atomic E-state index is 13.1. The lowest BCUT2D eigenvalue weighted by molar-refractivity contribution is -0.143. The number of carbonyl (C=O) groups is 3. The van der Waals surface area contributed by atoms with E-state index in [0.717, 1.165) is 23.1 Å². The van der Waals surface area contributed by atoms with Gasteiger partial charge in [0.05, 0.1) is 16.6 Å². The molecule has 39 heavy (non-hydrogen) atoms. The number of carbonyl (C=O) groups excluding carboxylic acids is 3. The summed E-state index contributed by atoms with van der Waals surface area (Å²) in [4.78, 5) is 47.2. The third-order valence-electron chi connectivity index (χ3n) is 6.42. The summed E-state index contributed by atoms with van der Waals surface area (Å²) in [5, 5.41) is 3.93. The predicted octanol–water partition coefficient (Wildman–Crippen LogP) is 2.58. The molecular formula is C25H30ClN5O5S3. The van der Waals surface area contributed by atoms with Gasteiger partial charge in [0, 0.05) is 53.3 Å². The zero-order chi connectivity index (χ0) is 27.8. The number of hydrogen-bond acceptors (Lipinski definition) is 8. The van der Waals surface area contributed by atoms with Crippen LogP contribution in [0.2, 0.25) is 4.34 Å². The summed E-state index contributed by atoms with van der Waals surface area (Å²) < 4.78 is 28.1. The number of sulfonamides is 1. The van der Waals surface area contributed by atoms with Gasteiger partial charge in [0.2, 0.25) is 27.7 Å². The summed E-state index contributed by atoms with van der Waals surface area (Å²) in [5.41, 5.74) is 0. The third kappa shape index (κ3) is 8.77. The molecule has 4 heterocycles. The van der Waals surface area contributed by atoms with Crippen molar-refractivity contribution in [2.45, 2.75) is 42.7 Å². The van der Waals surface area contributed by atoms with Crippen LogP contribution in [0, 0.1) is 0 Å². The number of amides is 3. The molecule has 0 unspecified atom stereocenters. The number of likely N-dealkylation sites (tertiary alicyclic amines) is 2. The molecule has 2 saturated heterocycles. The van der Waals surface area contributed by atoms with Crippen LogP contribution in [0.1, 0.15) is 30.6 Å². The number of nitrogens with zero attached hydrogens (tertiary/aromatic N) is 3. The zero-order valence-electron chi connectivity index (χ0n) is 21.1. The van der Waals surface area contributed by atoms with Crippen LogP contribution in [-0.4, -0.2) is 84.9 Å². The van der Waals surface area contributed by atoms with Gasteiger partial charge >= 0.3 is 0 Å². The van der Waals surface area contributed by atoms with E-state index in [9.17, 15) is 22.8 Å². The Labute approximate surface area is 241 Å². The Morgan fingerprint density at radius 1 is 1.15 bits per heavy atom. The molecule has 4 rings (SSSR count). The molecular weight excluding hydrogens is 582 g/mol. The largest absolute Gasteiger partial charge is 0.353 e. The zero-order valence-corrected chi connectivity index (χ0v) is 24.3. The second kappa shape index (κ2) is 13.8. The molecule has 10 nitrogen and oxygen atoms in total. The van der Waals surface area contributed by atoms with Crippen molar-refractivity contribution in [1.82, 2.24) is 24.8 Å². The fourth-order valence-corrected chi connectivity index (χ4v) is 7.30. The number of aromatic nitrogens is 1. The van der Waals surface area contributed by atoms with E-state index in [4.69, 9.17) is 11.6 Å². The molecule has 2 atom stereocenters. The highest BCUT2D eigenvalue weighted by atomic mass is 35.5. The van der Waals surface area contributed by atoms with E-state index in [2.05, 4.69) is 15.0 Å². The highest BCUT2D eigenvalue weighted by Crippen LogP contribution is 2.23. The van der Waals surface area contributed by atoms with Crippen LogP contribution in [0.5, 0.6) is 0 Å². The van der Waals surface area contributed by atoms with E-state index < -0.39 is 22.0 Å². The third-order valence-corrected chi connectivity index (χ3v) is 9.74. The maximum Gasteiger partial charge on any atom is 0.242 e. The minimum Gasteiger partial charge on any atom is -0.353 e. The van der Waals surface area contributed by atoms with Crippen molar-refractivity contribution in [2.24, 2.45) is 0 Å². The van der Waals surface area contributed by atoms with Crippen LogP contribution in [0.25, 0.3) is 6.08 Å². The van der Waals surface area contributed by atoms with Crippen LogP contribution >= 0.6 is 34.7 Å². The smallest absolute Gasteiger partial charge is 0.242 e. The van der Waals surface area contributed by atoms with E-state index in [0.29, 0.717) is 41.7 Å². The van der Waals surface area contributed by atoms with Gasteiger partial charge < -0.3 is 15.1 Å². The molecule has 2 aromatic heterocycles. The lowest BCUT2D eigenvalue weighted by atomic mass is 10.1. The van der Waals surface area contributed by atoms with E-state index >= 15 is 0 Å². The Morgan fingerprint density at radius 2 is 1.92 bits per heavy atom. The summed E-state index contributed by atoms with van der Waals surface area (Å²) in [5.74, 6) is -0.471. The van der Waals surface area contributed by atoms with Gasteiger partial charge in [-0.25, -0.2) is 8.42 Å². The summed E-state index contributed by atoms with van der Waals surface area (Å²) in [6.07, 6.45) is 7.29. The fourth-order valence-electron chi connectivity index (χ4n) is 4.52. The van der Waals surface area contributed by atoms with E-state index in [1.165, 1.54) is 34.1 Å². The first kappa shape index (κ1) is 29.5. The highest BCUT2D eigenvalue weighted by molar-refractivity contribution is 8.00. The predicted molar refractivity (Wildman–Crippen MR) is 153 cm³/mol. The Balaban J connectivity index is 1.26. The first-order valence-corrected chi connectivity index (χ1v) is 16.3. The van der Waals surface area contributed by atoms with Gasteiger partial charge in [-0.15, -0.1) is 23.1 Å². The minimum atomic E-state index is -3.87. The fraction of sp³-hybridized carbons (Fsp3) is 0.440. The molecule has 2 aromatic rings. The molecule has 0 radical (unpaired) electrons. The van der Waals surface area contributed by atoms with Gasteiger partial charge in [-0.05, 0) is 56.0 Å². The Morgan fingerprint density at radius 3 is 2.67 bits per heavy atom. The normalized spacial score (nSPS) is 20.1. The van der Waals surface area contributed by atoms with Crippen molar-refractivity contribution in [1.29, 1.82) is 0 Å². The molecule has 0 saturated carbocycles. The molecule has 0 aromatic carbocycles. The number of pyridine rings is 1. The topological polar surface area (TPSA) is 129 Å². The molecule has 0 aliphatic carbocycles. The van der Waals surface area contributed by atoms with Gasteiger partial charge in [0.25, 0.3) is 0 Å². The molecule has 2 aliphatic rings. The van der Waals surface area contributed by atoms with Gasteiger partial charge in [-0.1, -0.05) is 11.6 Å². The average molecular weight is 612 g/mol. The summed E-state index contributed by atoms with van der Waals surface area (Å²) >= 11 is 8.54. The van der Waals surface area contributed by atoms with E-state index in [-0.39, 0.29) is 30.2 Å². The maximum atomic E-state index is 13.1. The van der Waals surface area contributed by atoms with Crippen LogP contribution in [0.4, 0.5) is 0 Å². The van der Waals surface area contributed by atoms with Gasteiger partial charge in [0.1, 0.15) is 6.04 Å². The molecule has 14 heteroatoms. The summed E-state index contributed by atoms with van der Waals surface area (Å²) in [6, 6.07) is 5.98. The van der Waals surface area contributed by atoms with E-state index in [1.807, 2.05) is 12.1 Å². The Hall–Kier alpha value is -2.45. The molecule has 3 amide bonds. The second-order valence-corrected chi connectivity index (χ2v) is 13.6. The van der Waals surface area contributed by atoms with Crippen LogP contribution < -0.4 is 10.0 Å². The summed E-state index contributed by atoms with van der Waals surface area (Å²) in [6.45, 7) is 1.16. The molecule has 210 valence electrons. The minimum absolute atomic E-state index is 0.117. The van der Waals surface area contributed by atoms with Gasteiger partial charge in [0.15, 0.2) is 0 Å². The standard InChI is InChI=1S/C25H30ClN5O5S3/c26-22-6-5-20(38-22)9-14-39(35,36)29-21-4-2-12-30(25(21)34)16-24(33)31-13-1-3-18(31)15-28-23(32)17-37-19-7-10-27-11-8-19/h5-11,14,18,21,29H,1-4,12-13,15-17H2,(H,28,32)/t18-,21+/m1/s1. The van der Waals surface area contributed by atoms with Crippen molar-refractivity contribution in [3.63, 3.8) is 0 Å². The van der Waals surface area contributed by atoms with Crippen molar-refractivity contribution < 1.29 is 22.8 Å². The Bertz CT molecular complexity index is 1300. The SMILES string of the molecule is O=C(CSc1ccncc1)NC[C@H]1CCCN1C(=O)CN1CCC[C@H](NS(=O)(=O)C=Cc2ccc(Cl)s2)C1=O. The molecule has 0 bridgehead atoms. The number of rotatable bonds is 11. The van der Waals surface area contributed by atoms with Crippen molar-refractivity contribution >= 4 is 68.5 Å². The average Bonchev–Trinajstić information content (AvgIpc) is 3.57. The first-order chi connectivity index (χ1) is 18.7.